The number of halogens is 1. The van der Waals surface area contributed by atoms with Crippen molar-refractivity contribution in [3.05, 3.63) is 75.8 Å². The highest BCUT2D eigenvalue weighted by Gasteiger charge is 2.12. The number of hydrogen-bond acceptors (Lipinski definition) is 3. The van der Waals surface area contributed by atoms with Crippen LogP contribution in [0.25, 0.3) is 10.9 Å². The molecule has 0 aliphatic heterocycles. The number of para-hydroxylation sites is 1. The number of aromatic nitrogens is 2. The van der Waals surface area contributed by atoms with Gasteiger partial charge in [-0.25, -0.2) is 4.98 Å². The lowest BCUT2D eigenvalue weighted by Crippen LogP contribution is -2.33. The summed E-state index contributed by atoms with van der Waals surface area (Å²) in [6.45, 7) is 1.80. The molecule has 0 bridgehead atoms. The number of hydrogen-bond donors (Lipinski definition) is 1. The molecule has 3 rings (SSSR count). The summed E-state index contributed by atoms with van der Waals surface area (Å²) in [5.41, 5.74) is 1.33. The Balaban J connectivity index is 1.74. The third-order valence-corrected chi connectivity index (χ3v) is 4.04. The smallest absolute Gasteiger partial charge is 0.261 e. The van der Waals surface area contributed by atoms with E-state index in [4.69, 9.17) is 11.6 Å². The molecule has 0 saturated carbocycles. The molecule has 0 aliphatic carbocycles. The second kappa shape index (κ2) is 6.84. The van der Waals surface area contributed by atoms with Gasteiger partial charge in [-0.1, -0.05) is 35.9 Å². The van der Waals surface area contributed by atoms with Crippen LogP contribution in [-0.4, -0.2) is 15.5 Å². The number of rotatable bonds is 4. The molecule has 24 heavy (non-hydrogen) atoms. The lowest BCUT2D eigenvalue weighted by atomic mass is 10.1. The Morgan fingerprint density at radius 2 is 1.92 bits per heavy atom. The highest BCUT2D eigenvalue weighted by molar-refractivity contribution is 6.30. The highest BCUT2D eigenvalue weighted by atomic mass is 35.5. The van der Waals surface area contributed by atoms with Crippen molar-refractivity contribution in [2.45, 2.75) is 19.5 Å². The van der Waals surface area contributed by atoms with Crippen molar-refractivity contribution in [2.24, 2.45) is 0 Å². The topological polar surface area (TPSA) is 64.0 Å². The van der Waals surface area contributed by atoms with Crippen LogP contribution in [0.15, 0.2) is 59.7 Å². The molecule has 0 fully saturated rings. The van der Waals surface area contributed by atoms with Crippen molar-refractivity contribution >= 4 is 28.4 Å². The summed E-state index contributed by atoms with van der Waals surface area (Å²) in [5.74, 6) is -0.253. The van der Waals surface area contributed by atoms with Crippen molar-refractivity contribution < 1.29 is 4.79 Å². The number of nitrogens with zero attached hydrogens (tertiary/aromatic N) is 2. The molecule has 1 aromatic heterocycles. The Hall–Kier alpha value is -2.66. The molecule has 6 heteroatoms. The molecule has 0 unspecified atom stereocenters. The van der Waals surface area contributed by atoms with Crippen LogP contribution in [-0.2, 0) is 11.3 Å². The van der Waals surface area contributed by atoms with Crippen LogP contribution in [0.1, 0.15) is 18.5 Å². The van der Waals surface area contributed by atoms with Gasteiger partial charge in [-0.2, -0.15) is 0 Å². The first-order valence-electron chi connectivity index (χ1n) is 7.53. The number of benzene rings is 2. The van der Waals surface area contributed by atoms with Crippen molar-refractivity contribution in [1.29, 1.82) is 0 Å². The van der Waals surface area contributed by atoms with E-state index < -0.39 is 0 Å². The Morgan fingerprint density at radius 1 is 1.21 bits per heavy atom. The zero-order chi connectivity index (χ0) is 17.1. The second-order valence-electron chi connectivity index (χ2n) is 5.54. The minimum Gasteiger partial charge on any atom is -0.348 e. The van der Waals surface area contributed by atoms with Gasteiger partial charge in [0.2, 0.25) is 5.91 Å². The van der Waals surface area contributed by atoms with Crippen LogP contribution >= 0.6 is 11.6 Å². The third-order valence-electron chi connectivity index (χ3n) is 3.79. The monoisotopic (exact) mass is 341 g/mol. The summed E-state index contributed by atoms with van der Waals surface area (Å²) < 4.78 is 1.31. The summed E-state index contributed by atoms with van der Waals surface area (Å²) in [5, 5.41) is 4.01. The van der Waals surface area contributed by atoms with E-state index in [0.29, 0.717) is 15.9 Å². The zero-order valence-electron chi connectivity index (χ0n) is 13.1. The lowest BCUT2D eigenvalue weighted by Gasteiger charge is -2.15. The average molecular weight is 342 g/mol. The number of fused-ring (bicyclic) bond motifs is 1. The summed E-state index contributed by atoms with van der Waals surface area (Å²) >= 11 is 5.86. The van der Waals surface area contributed by atoms with Gasteiger partial charge in [0.25, 0.3) is 5.56 Å². The predicted molar refractivity (Wildman–Crippen MR) is 94.0 cm³/mol. The molecule has 0 spiro atoms. The molecule has 0 radical (unpaired) electrons. The Kier molecular flexibility index (Phi) is 4.62. The van der Waals surface area contributed by atoms with Gasteiger partial charge in [-0.05, 0) is 36.8 Å². The Labute approximate surface area is 143 Å². The Morgan fingerprint density at radius 3 is 2.67 bits per heavy atom. The molecule has 1 N–H and O–H groups in total. The third kappa shape index (κ3) is 3.46. The van der Waals surface area contributed by atoms with Gasteiger partial charge in [0, 0.05) is 5.02 Å². The number of nitrogens with one attached hydrogen (secondary N) is 1. The number of carbonyl (C=O) groups excluding carboxylic acids is 1. The fraction of sp³-hybridized carbons (Fsp3) is 0.167. The standard InChI is InChI=1S/C18H16ClN3O2/c1-12(13-6-8-14(19)9-7-13)21-17(23)10-22-11-20-16-5-3-2-4-15(16)18(22)24/h2-9,11-12H,10H2,1H3,(H,21,23)/t12-/m0/s1. The van der Waals surface area contributed by atoms with Crippen molar-refractivity contribution in [3.8, 4) is 0 Å². The fourth-order valence-electron chi connectivity index (χ4n) is 2.50. The fourth-order valence-corrected chi connectivity index (χ4v) is 2.62. The van der Waals surface area contributed by atoms with E-state index in [0.717, 1.165) is 5.56 Å². The van der Waals surface area contributed by atoms with E-state index in [-0.39, 0.29) is 24.1 Å². The van der Waals surface area contributed by atoms with Gasteiger partial charge in [-0.3, -0.25) is 14.2 Å². The van der Waals surface area contributed by atoms with Gasteiger partial charge in [0.15, 0.2) is 0 Å². The summed E-state index contributed by atoms with van der Waals surface area (Å²) in [7, 11) is 0. The largest absolute Gasteiger partial charge is 0.348 e. The maximum absolute atomic E-state index is 12.4. The molecule has 1 atom stereocenters. The molecule has 2 aromatic carbocycles. The van der Waals surface area contributed by atoms with Gasteiger partial charge in [-0.15, -0.1) is 0 Å². The van der Waals surface area contributed by atoms with E-state index in [2.05, 4.69) is 10.3 Å². The van der Waals surface area contributed by atoms with Crippen LogP contribution in [0.5, 0.6) is 0 Å². The molecular weight excluding hydrogens is 326 g/mol. The van der Waals surface area contributed by atoms with E-state index in [1.165, 1.54) is 10.9 Å². The minimum absolute atomic E-state index is 0.0748. The maximum atomic E-state index is 12.4. The normalized spacial score (nSPS) is 12.1. The van der Waals surface area contributed by atoms with E-state index in [1.54, 1.807) is 30.3 Å². The van der Waals surface area contributed by atoms with Crippen LogP contribution in [0, 0.1) is 0 Å². The Bertz CT molecular complexity index is 935. The van der Waals surface area contributed by atoms with Gasteiger partial charge < -0.3 is 5.32 Å². The van der Waals surface area contributed by atoms with Crippen molar-refractivity contribution in [1.82, 2.24) is 14.9 Å². The first kappa shape index (κ1) is 16.2. The minimum atomic E-state index is -0.253. The van der Waals surface area contributed by atoms with Crippen molar-refractivity contribution in [2.75, 3.05) is 0 Å². The molecule has 0 saturated heterocycles. The van der Waals surface area contributed by atoms with E-state index >= 15 is 0 Å². The SMILES string of the molecule is C[C@H](NC(=O)Cn1cnc2ccccc2c1=O)c1ccc(Cl)cc1. The first-order chi connectivity index (χ1) is 11.5. The maximum Gasteiger partial charge on any atom is 0.261 e. The molecule has 5 nitrogen and oxygen atoms in total. The summed E-state index contributed by atoms with van der Waals surface area (Å²) in [6.07, 6.45) is 1.40. The lowest BCUT2D eigenvalue weighted by molar-refractivity contribution is -0.122. The zero-order valence-corrected chi connectivity index (χ0v) is 13.8. The average Bonchev–Trinajstić information content (AvgIpc) is 2.58. The number of amides is 1. The van der Waals surface area contributed by atoms with Crippen molar-refractivity contribution in [3.63, 3.8) is 0 Å². The molecule has 1 amide bonds. The van der Waals surface area contributed by atoms with E-state index in [9.17, 15) is 9.59 Å². The van der Waals surface area contributed by atoms with Gasteiger partial charge >= 0.3 is 0 Å². The van der Waals surface area contributed by atoms with Crippen LogP contribution in [0.3, 0.4) is 0 Å². The highest BCUT2D eigenvalue weighted by Crippen LogP contribution is 2.15. The molecule has 1 heterocycles. The first-order valence-corrected chi connectivity index (χ1v) is 7.91. The van der Waals surface area contributed by atoms with Gasteiger partial charge in [0.05, 0.1) is 23.3 Å². The molecular formula is C18H16ClN3O2. The summed E-state index contributed by atoms with van der Waals surface area (Å²) in [6, 6.07) is 14.2. The molecule has 3 aromatic rings. The number of carbonyl (C=O) groups is 1. The second-order valence-corrected chi connectivity index (χ2v) is 5.97. The quantitative estimate of drug-likeness (QED) is 0.793. The van der Waals surface area contributed by atoms with Crippen LogP contribution < -0.4 is 10.9 Å². The summed E-state index contributed by atoms with van der Waals surface area (Å²) in [4.78, 5) is 28.8. The molecule has 122 valence electrons. The van der Waals surface area contributed by atoms with E-state index in [1.807, 2.05) is 25.1 Å². The van der Waals surface area contributed by atoms with Crippen LogP contribution in [0.4, 0.5) is 0 Å². The van der Waals surface area contributed by atoms with Gasteiger partial charge in [0.1, 0.15) is 6.54 Å². The van der Waals surface area contributed by atoms with Crippen LogP contribution in [0.2, 0.25) is 5.02 Å². The predicted octanol–water partition coefficient (Wildman–Crippen LogP) is 2.93. The molecule has 0 aliphatic rings.